The second-order valence-corrected chi connectivity index (χ2v) is 6.42. The largest absolute Gasteiger partial charge is 0.450 e. The molecular weight excluding hydrogens is 268 g/mol. The number of rotatable bonds is 4. The van der Waals surface area contributed by atoms with Gasteiger partial charge in [-0.2, -0.15) is 0 Å². The quantitative estimate of drug-likeness (QED) is 0.755. The fourth-order valence-corrected chi connectivity index (χ4v) is 2.76. The third-order valence-electron chi connectivity index (χ3n) is 3.06. The standard InChI is InChI=1S/C17H18O2S/c1-5-13-7-9-14(10-8-13)16(18)19-17(3,4)15-11-6-12(2)20-15/h5-11H,1H2,2-4H3. The molecule has 0 spiro atoms. The Morgan fingerprint density at radius 3 is 2.35 bits per heavy atom. The molecule has 0 amide bonds. The van der Waals surface area contributed by atoms with Crippen LogP contribution in [0, 0.1) is 6.92 Å². The second-order valence-electron chi connectivity index (χ2n) is 5.14. The van der Waals surface area contributed by atoms with Gasteiger partial charge in [-0.15, -0.1) is 11.3 Å². The Bertz CT molecular complexity index is 621. The summed E-state index contributed by atoms with van der Waals surface area (Å²) in [7, 11) is 0. The van der Waals surface area contributed by atoms with Gasteiger partial charge in [-0.3, -0.25) is 0 Å². The van der Waals surface area contributed by atoms with Gasteiger partial charge in [0.25, 0.3) is 0 Å². The van der Waals surface area contributed by atoms with E-state index >= 15 is 0 Å². The second kappa shape index (κ2) is 5.63. The Kier molecular flexibility index (Phi) is 4.09. The minimum atomic E-state index is -0.618. The normalized spacial score (nSPS) is 11.2. The lowest BCUT2D eigenvalue weighted by Crippen LogP contribution is -2.24. The molecule has 0 atom stereocenters. The zero-order valence-electron chi connectivity index (χ0n) is 12.0. The van der Waals surface area contributed by atoms with E-state index in [4.69, 9.17) is 4.74 Å². The number of carbonyl (C=O) groups is 1. The first-order valence-electron chi connectivity index (χ1n) is 6.45. The highest BCUT2D eigenvalue weighted by Gasteiger charge is 2.27. The van der Waals surface area contributed by atoms with Crippen LogP contribution in [0.5, 0.6) is 0 Å². The number of esters is 1. The molecule has 0 fully saturated rings. The molecule has 1 aromatic carbocycles. The van der Waals surface area contributed by atoms with Crippen LogP contribution < -0.4 is 0 Å². The van der Waals surface area contributed by atoms with Gasteiger partial charge in [0.2, 0.25) is 0 Å². The van der Waals surface area contributed by atoms with Crippen LogP contribution in [0.4, 0.5) is 0 Å². The fraction of sp³-hybridized carbons (Fsp3) is 0.235. The Morgan fingerprint density at radius 2 is 1.85 bits per heavy atom. The van der Waals surface area contributed by atoms with Crippen molar-refractivity contribution in [3.05, 3.63) is 63.9 Å². The van der Waals surface area contributed by atoms with Crippen molar-refractivity contribution in [1.29, 1.82) is 0 Å². The van der Waals surface area contributed by atoms with Gasteiger partial charge < -0.3 is 4.74 Å². The van der Waals surface area contributed by atoms with Crippen molar-refractivity contribution in [2.45, 2.75) is 26.4 Å². The molecule has 104 valence electrons. The minimum absolute atomic E-state index is 0.309. The average Bonchev–Trinajstić information content (AvgIpc) is 2.86. The predicted octanol–water partition coefficient (Wildman–Crippen LogP) is 4.79. The molecule has 0 saturated heterocycles. The first kappa shape index (κ1) is 14.5. The average molecular weight is 286 g/mol. The molecule has 0 aliphatic rings. The maximum absolute atomic E-state index is 12.2. The van der Waals surface area contributed by atoms with Gasteiger partial charge in [0, 0.05) is 9.75 Å². The van der Waals surface area contributed by atoms with Crippen LogP contribution in [-0.2, 0) is 10.3 Å². The topological polar surface area (TPSA) is 26.3 Å². The van der Waals surface area contributed by atoms with Crippen molar-refractivity contribution in [1.82, 2.24) is 0 Å². The third-order valence-corrected chi connectivity index (χ3v) is 4.37. The molecule has 2 nitrogen and oxygen atoms in total. The molecule has 1 aromatic heterocycles. The van der Waals surface area contributed by atoms with Crippen LogP contribution >= 0.6 is 11.3 Å². The van der Waals surface area contributed by atoms with Crippen molar-refractivity contribution in [2.24, 2.45) is 0 Å². The Morgan fingerprint density at radius 1 is 1.20 bits per heavy atom. The van der Waals surface area contributed by atoms with Crippen molar-refractivity contribution >= 4 is 23.4 Å². The summed E-state index contributed by atoms with van der Waals surface area (Å²) in [4.78, 5) is 14.5. The van der Waals surface area contributed by atoms with E-state index in [2.05, 4.69) is 6.58 Å². The summed E-state index contributed by atoms with van der Waals surface area (Å²) in [5, 5.41) is 0. The first-order chi connectivity index (χ1) is 9.42. The lowest BCUT2D eigenvalue weighted by atomic mass is 10.1. The van der Waals surface area contributed by atoms with Crippen molar-refractivity contribution < 1.29 is 9.53 Å². The lowest BCUT2D eigenvalue weighted by molar-refractivity contribution is -0.00155. The van der Waals surface area contributed by atoms with E-state index in [0.717, 1.165) is 10.4 Å². The zero-order chi connectivity index (χ0) is 14.8. The lowest BCUT2D eigenvalue weighted by Gasteiger charge is -2.24. The van der Waals surface area contributed by atoms with Gasteiger partial charge in [-0.05, 0) is 50.6 Å². The molecule has 0 N–H and O–H groups in total. The number of hydrogen-bond donors (Lipinski definition) is 0. The molecule has 20 heavy (non-hydrogen) atoms. The number of hydrogen-bond acceptors (Lipinski definition) is 3. The first-order valence-corrected chi connectivity index (χ1v) is 7.27. The zero-order valence-corrected chi connectivity index (χ0v) is 12.8. The molecular formula is C17H18O2S. The fourth-order valence-electron chi connectivity index (χ4n) is 1.85. The van der Waals surface area contributed by atoms with E-state index in [9.17, 15) is 4.79 Å². The number of carbonyl (C=O) groups excluding carboxylic acids is 1. The Hall–Kier alpha value is -1.87. The summed E-state index contributed by atoms with van der Waals surface area (Å²) in [5.74, 6) is -0.309. The highest BCUT2D eigenvalue weighted by molar-refractivity contribution is 7.12. The van der Waals surface area contributed by atoms with Crippen LogP contribution in [-0.4, -0.2) is 5.97 Å². The molecule has 0 radical (unpaired) electrons. The highest BCUT2D eigenvalue weighted by atomic mass is 32.1. The summed E-state index contributed by atoms with van der Waals surface area (Å²) in [6.45, 7) is 9.56. The summed E-state index contributed by atoms with van der Waals surface area (Å²) >= 11 is 1.65. The summed E-state index contributed by atoms with van der Waals surface area (Å²) in [5.41, 5.74) is 0.916. The van der Waals surface area contributed by atoms with E-state index in [1.807, 2.05) is 45.0 Å². The van der Waals surface area contributed by atoms with E-state index in [0.29, 0.717) is 5.56 Å². The SMILES string of the molecule is C=Cc1ccc(C(=O)OC(C)(C)c2ccc(C)s2)cc1. The van der Waals surface area contributed by atoms with Crippen LogP contribution in [0.2, 0.25) is 0 Å². The highest BCUT2D eigenvalue weighted by Crippen LogP contribution is 2.31. The van der Waals surface area contributed by atoms with E-state index in [-0.39, 0.29) is 5.97 Å². The summed E-state index contributed by atoms with van der Waals surface area (Å²) < 4.78 is 5.64. The number of aryl methyl sites for hydroxylation is 1. The molecule has 0 saturated carbocycles. The van der Waals surface area contributed by atoms with E-state index in [1.54, 1.807) is 29.5 Å². The molecule has 3 heteroatoms. The van der Waals surface area contributed by atoms with Crippen LogP contribution in [0.15, 0.2) is 43.0 Å². The van der Waals surface area contributed by atoms with Gasteiger partial charge in [-0.1, -0.05) is 24.8 Å². The Balaban J connectivity index is 2.15. The predicted molar refractivity (Wildman–Crippen MR) is 84.0 cm³/mol. The van der Waals surface area contributed by atoms with Crippen molar-refractivity contribution in [3.8, 4) is 0 Å². The van der Waals surface area contributed by atoms with E-state index < -0.39 is 5.60 Å². The minimum Gasteiger partial charge on any atom is -0.450 e. The number of ether oxygens (including phenoxy) is 1. The number of thiophene rings is 1. The Labute approximate surface area is 123 Å². The van der Waals surface area contributed by atoms with Gasteiger partial charge in [0.15, 0.2) is 0 Å². The third kappa shape index (κ3) is 3.17. The molecule has 0 bridgehead atoms. The summed E-state index contributed by atoms with van der Waals surface area (Å²) in [6.07, 6.45) is 1.74. The van der Waals surface area contributed by atoms with Gasteiger partial charge >= 0.3 is 5.97 Å². The molecule has 0 aliphatic heterocycles. The van der Waals surface area contributed by atoms with Crippen LogP contribution in [0.3, 0.4) is 0 Å². The monoisotopic (exact) mass is 286 g/mol. The van der Waals surface area contributed by atoms with Crippen LogP contribution in [0.25, 0.3) is 6.08 Å². The molecule has 1 heterocycles. The molecule has 2 rings (SSSR count). The van der Waals surface area contributed by atoms with Crippen molar-refractivity contribution in [3.63, 3.8) is 0 Å². The number of benzene rings is 1. The molecule has 2 aromatic rings. The van der Waals surface area contributed by atoms with Crippen molar-refractivity contribution in [2.75, 3.05) is 0 Å². The van der Waals surface area contributed by atoms with Gasteiger partial charge in [0.1, 0.15) is 5.60 Å². The van der Waals surface area contributed by atoms with Gasteiger partial charge in [-0.25, -0.2) is 4.79 Å². The molecule has 0 aliphatic carbocycles. The maximum Gasteiger partial charge on any atom is 0.339 e. The smallest absolute Gasteiger partial charge is 0.339 e. The maximum atomic E-state index is 12.2. The van der Waals surface area contributed by atoms with E-state index in [1.165, 1.54) is 4.88 Å². The summed E-state index contributed by atoms with van der Waals surface area (Å²) in [6, 6.07) is 11.3. The van der Waals surface area contributed by atoms with Gasteiger partial charge in [0.05, 0.1) is 5.56 Å². The molecule has 0 unspecified atom stereocenters. The van der Waals surface area contributed by atoms with Crippen LogP contribution in [0.1, 0.15) is 39.5 Å².